The molecular formula is C23H26N2O3S. The van der Waals surface area contributed by atoms with Crippen LogP contribution in [0.15, 0.2) is 60.0 Å². The highest BCUT2D eigenvalue weighted by atomic mass is 32.1. The summed E-state index contributed by atoms with van der Waals surface area (Å²) in [6.45, 7) is 5.74. The molecule has 0 aliphatic heterocycles. The van der Waals surface area contributed by atoms with Crippen molar-refractivity contribution in [3.63, 3.8) is 0 Å². The van der Waals surface area contributed by atoms with E-state index in [0.29, 0.717) is 42.7 Å². The van der Waals surface area contributed by atoms with E-state index >= 15 is 0 Å². The number of hydrogen-bond donors (Lipinski definition) is 0. The summed E-state index contributed by atoms with van der Waals surface area (Å²) >= 11 is 1.54. The molecule has 0 bridgehead atoms. The number of nitrogens with zero attached hydrogens (tertiary/aromatic N) is 2. The molecule has 0 spiro atoms. The lowest BCUT2D eigenvalue weighted by atomic mass is 10.1. The predicted octanol–water partition coefficient (Wildman–Crippen LogP) is 5.03. The predicted molar refractivity (Wildman–Crippen MR) is 115 cm³/mol. The van der Waals surface area contributed by atoms with E-state index in [1.54, 1.807) is 7.11 Å². The molecule has 6 heteroatoms. The third-order valence-electron chi connectivity index (χ3n) is 4.27. The second kappa shape index (κ2) is 10.1. The average molecular weight is 411 g/mol. The van der Waals surface area contributed by atoms with Crippen molar-refractivity contribution in [3.8, 4) is 11.5 Å². The van der Waals surface area contributed by atoms with Gasteiger partial charge in [0.05, 0.1) is 19.3 Å². The van der Waals surface area contributed by atoms with Crippen LogP contribution < -0.4 is 9.47 Å². The van der Waals surface area contributed by atoms with Crippen LogP contribution in [0.3, 0.4) is 0 Å². The van der Waals surface area contributed by atoms with Gasteiger partial charge >= 0.3 is 0 Å². The number of aromatic nitrogens is 1. The maximum absolute atomic E-state index is 12.9. The third-order valence-corrected chi connectivity index (χ3v) is 5.14. The Balaban J connectivity index is 1.66. The number of carbonyl (C=O) groups excluding carboxylic acids is 1. The third kappa shape index (κ3) is 5.81. The molecule has 0 aliphatic rings. The Morgan fingerprint density at radius 1 is 1.07 bits per heavy atom. The summed E-state index contributed by atoms with van der Waals surface area (Å²) in [5, 5.41) is 2.86. The molecule has 0 atom stereocenters. The Morgan fingerprint density at radius 2 is 1.76 bits per heavy atom. The molecule has 2 aromatic carbocycles. The Bertz CT molecular complexity index is 925. The van der Waals surface area contributed by atoms with Crippen LogP contribution in [0, 0.1) is 5.92 Å². The van der Waals surface area contributed by atoms with E-state index in [9.17, 15) is 4.79 Å². The highest BCUT2D eigenvalue weighted by Crippen LogP contribution is 2.27. The minimum Gasteiger partial charge on any atom is -0.493 e. The van der Waals surface area contributed by atoms with E-state index in [1.165, 1.54) is 11.3 Å². The molecule has 0 saturated heterocycles. The molecule has 3 aromatic rings. The summed E-state index contributed by atoms with van der Waals surface area (Å²) in [4.78, 5) is 19.5. The number of methoxy groups -OCH3 is 1. The van der Waals surface area contributed by atoms with Crippen LogP contribution in [0.1, 0.15) is 34.9 Å². The van der Waals surface area contributed by atoms with Gasteiger partial charge in [-0.1, -0.05) is 44.2 Å². The van der Waals surface area contributed by atoms with Gasteiger partial charge in [-0.3, -0.25) is 4.79 Å². The maximum Gasteiger partial charge on any atom is 0.254 e. The summed E-state index contributed by atoms with van der Waals surface area (Å²) in [6.07, 6.45) is 0. The lowest BCUT2D eigenvalue weighted by molar-refractivity contribution is 0.0720. The van der Waals surface area contributed by atoms with Gasteiger partial charge in [-0.05, 0) is 30.2 Å². The van der Waals surface area contributed by atoms with Crippen molar-refractivity contribution in [1.29, 1.82) is 0 Å². The van der Waals surface area contributed by atoms with Crippen LogP contribution in [-0.4, -0.2) is 29.4 Å². The minimum absolute atomic E-state index is 0.0270. The van der Waals surface area contributed by atoms with Crippen LogP contribution >= 0.6 is 11.3 Å². The molecular weight excluding hydrogens is 384 g/mol. The molecule has 0 saturated carbocycles. The van der Waals surface area contributed by atoms with Gasteiger partial charge in [-0.15, -0.1) is 11.3 Å². The quantitative estimate of drug-likeness (QED) is 0.496. The average Bonchev–Trinajstić information content (AvgIpc) is 3.19. The summed E-state index contributed by atoms with van der Waals surface area (Å²) in [5.41, 5.74) is 1.57. The van der Waals surface area contributed by atoms with Crippen LogP contribution in [0.5, 0.6) is 11.5 Å². The Hall–Kier alpha value is -2.86. The first kappa shape index (κ1) is 20.9. The van der Waals surface area contributed by atoms with E-state index in [4.69, 9.17) is 9.47 Å². The largest absolute Gasteiger partial charge is 0.493 e. The highest BCUT2D eigenvalue weighted by molar-refractivity contribution is 7.09. The van der Waals surface area contributed by atoms with Gasteiger partial charge in [0, 0.05) is 17.5 Å². The fraction of sp³-hybridized carbons (Fsp3) is 0.304. The Labute approximate surface area is 175 Å². The molecule has 1 aromatic heterocycles. The standard InChI is InChI=1S/C23H26N2O3S/c1-17(2)13-25(23(26)18-9-5-4-6-10-18)14-19-16-29-22(24-19)15-28-21-12-8-7-11-20(21)27-3/h4-12,16-17H,13-15H2,1-3H3. The van der Waals surface area contributed by atoms with E-state index in [1.807, 2.05) is 64.9 Å². The van der Waals surface area contributed by atoms with E-state index in [2.05, 4.69) is 18.8 Å². The second-order valence-electron chi connectivity index (χ2n) is 7.12. The highest BCUT2D eigenvalue weighted by Gasteiger charge is 2.18. The van der Waals surface area contributed by atoms with E-state index < -0.39 is 0 Å². The topological polar surface area (TPSA) is 51.7 Å². The first-order valence-electron chi connectivity index (χ1n) is 9.60. The lowest BCUT2D eigenvalue weighted by Gasteiger charge is -2.24. The first-order valence-corrected chi connectivity index (χ1v) is 10.5. The molecule has 0 N–H and O–H groups in total. The zero-order chi connectivity index (χ0) is 20.6. The molecule has 29 heavy (non-hydrogen) atoms. The van der Waals surface area contributed by atoms with Crippen molar-refractivity contribution in [3.05, 3.63) is 76.2 Å². The molecule has 0 fully saturated rings. The van der Waals surface area contributed by atoms with Gasteiger partial charge in [0.25, 0.3) is 5.91 Å². The number of rotatable bonds is 9. The maximum atomic E-state index is 12.9. The Morgan fingerprint density at radius 3 is 2.45 bits per heavy atom. The molecule has 5 nitrogen and oxygen atoms in total. The van der Waals surface area contributed by atoms with Gasteiger partial charge in [0.1, 0.15) is 11.6 Å². The number of hydrogen-bond acceptors (Lipinski definition) is 5. The number of ether oxygens (including phenoxy) is 2. The van der Waals surface area contributed by atoms with Gasteiger partial charge in [0.15, 0.2) is 11.5 Å². The minimum atomic E-state index is 0.0270. The van der Waals surface area contributed by atoms with Gasteiger partial charge < -0.3 is 14.4 Å². The fourth-order valence-corrected chi connectivity index (χ4v) is 3.68. The second-order valence-corrected chi connectivity index (χ2v) is 8.06. The van der Waals surface area contributed by atoms with E-state index in [0.717, 1.165) is 10.7 Å². The number of benzene rings is 2. The van der Waals surface area contributed by atoms with E-state index in [-0.39, 0.29) is 5.91 Å². The van der Waals surface area contributed by atoms with Gasteiger partial charge in [0.2, 0.25) is 0 Å². The molecule has 1 heterocycles. The molecule has 3 rings (SSSR count). The summed E-state index contributed by atoms with van der Waals surface area (Å²) in [5.74, 6) is 1.78. The lowest BCUT2D eigenvalue weighted by Crippen LogP contribution is -2.33. The number of para-hydroxylation sites is 2. The van der Waals surface area contributed by atoms with Crippen molar-refractivity contribution in [2.24, 2.45) is 5.92 Å². The summed E-state index contributed by atoms with van der Waals surface area (Å²) < 4.78 is 11.2. The van der Waals surface area contributed by atoms with Crippen molar-refractivity contribution in [1.82, 2.24) is 9.88 Å². The zero-order valence-electron chi connectivity index (χ0n) is 17.0. The van der Waals surface area contributed by atoms with Crippen LogP contribution in [0.4, 0.5) is 0 Å². The first-order chi connectivity index (χ1) is 14.1. The van der Waals surface area contributed by atoms with Crippen LogP contribution in [0.25, 0.3) is 0 Å². The molecule has 152 valence electrons. The normalized spacial score (nSPS) is 10.8. The number of thiazole rings is 1. The zero-order valence-corrected chi connectivity index (χ0v) is 17.8. The molecule has 0 unspecified atom stereocenters. The summed E-state index contributed by atoms with van der Waals surface area (Å²) in [6, 6.07) is 16.9. The number of amides is 1. The van der Waals surface area contributed by atoms with Crippen molar-refractivity contribution in [2.75, 3.05) is 13.7 Å². The number of carbonyl (C=O) groups is 1. The fourth-order valence-electron chi connectivity index (χ4n) is 2.98. The Kier molecular flexibility index (Phi) is 7.25. The van der Waals surface area contributed by atoms with Crippen molar-refractivity contribution in [2.45, 2.75) is 27.0 Å². The smallest absolute Gasteiger partial charge is 0.254 e. The molecule has 0 aliphatic carbocycles. The van der Waals surface area contributed by atoms with Crippen LogP contribution in [0.2, 0.25) is 0 Å². The van der Waals surface area contributed by atoms with Crippen molar-refractivity contribution < 1.29 is 14.3 Å². The van der Waals surface area contributed by atoms with Gasteiger partial charge in [-0.2, -0.15) is 0 Å². The monoisotopic (exact) mass is 410 g/mol. The SMILES string of the molecule is COc1ccccc1OCc1nc(CN(CC(C)C)C(=O)c2ccccc2)cs1. The molecule has 0 radical (unpaired) electrons. The molecule has 1 amide bonds. The van der Waals surface area contributed by atoms with Crippen molar-refractivity contribution >= 4 is 17.2 Å². The van der Waals surface area contributed by atoms with Crippen LogP contribution in [-0.2, 0) is 13.2 Å². The summed E-state index contributed by atoms with van der Waals surface area (Å²) in [7, 11) is 1.62. The van der Waals surface area contributed by atoms with Gasteiger partial charge in [-0.25, -0.2) is 4.98 Å².